The zero-order chi connectivity index (χ0) is 87.5. The third-order valence-corrected chi connectivity index (χ3v) is 27.0. The minimum Gasteiger partial charge on any atom is -0.458 e. The van der Waals surface area contributed by atoms with Crippen LogP contribution in [0, 0.1) is 34.6 Å². The largest absolute Gasteiger partial charge is 0.458 e. The van der Waals surface area contributed by atoms with E-state index < -0.39 is 0 Å². The molecule has 0 radical (unpaired) electrons. The molecule has 8 heterocycles. The fourth-order valence-electron chi connectivity index (χ4n) is 20.6. The average molecular weight is 1680 g/mol. The number of rotatable bonds is 7. The van der Waals surface area contributed by atoms with E-state index in [1.165, 1.54) is 122 Å². The van der Waals surface area contributed by atoms with Gasteiger partial charge >= 0.3 is 0 Å². The molecule has 0 saturated heterocycles. The first-order chi connectivity index (χ1) is 64.5. The Kier molecular flexibility index (Phi) is 19.3. The van der Waals surface area contributed by atoms with E-state index in [1.54, 1.807) is 0 Å². The molecule has 0 saturated carbocycles. The Morgan fingerprint density at radius 1 is 0.130 bits per heavy atom. The van der Waals surface area contributed by atoms with Crippen LogP contribution in [0.3, 0.4) is 0 Å². The summed E-state index contributed by atoms with van der Waals surface area (Å²) in [6, 6.07) is 142. The number of hydrogen-bond acceptors (Lipinski definition) is 8. The van der Waals surface area contributed by atoms with E-state index in [4.69, 9.17) is 37.9 Å². The topological polar surface area (TPSA) is 73.8 Å². The number of ether oxygens (including phenoxy) is 8. The lowest BCUT2D eigenvalue weighted by Crippen LogP contribution is -2.57. The van der Waals surface area contributed by atoms with Crippen LogP contribution in [0.25, 0.3) is 77.9 Å². The predicted molar refractivity (Wildman–Crippen MR) is 538 cm³/mol. The third-order valence-electron chi connectivity index (χ3n) is 27.0. The molecule has 131 heavy (non-hydrogen) atoms. The van der Waals surface area contributed by atoms with Gasteiger partial charge in [-0.05, 0) is 281 Å². The molecule has 27 rings (SSSR count). The van der Waals surface area contributed by atoms with E-state index >= 15 is 0 Å². The Balaban J connectivity index is 0.0000000968. The lowest BCUT2D eigenvalue weighted by molar-refractivity contribution is 0.464. The van der Waals surface area contributed by atoms with Crippen molar-refractivity contribution >= 4 is 92.4 Å². The minimum atomic E-state index is 0.0746. The number of aryl methyl sites for hydroxylation is 5. The van der Waals surface area contributed by atoms with Crippen LogP contribution < -0.4 is 103 Å². The molecule has 0 amide bonds. The van der Waals surface area contributed by atoms with Crippen molar-refractivity contribution in [2.24, 2.45) is 0 Å². The van der Waals surface area contributed by atoms with Crippen molar-refractivity contribution in [1.29, 1.82) is 0 Å². The smallest absolute Gasteiger partial charge is 0.260 e. The molecule has 0 unspecified atom stereocenters. The highest BCUT2D eigenvalue weighted by molar-refractivity contribution is 7.00. The Bertz CT molecular complexity index is 7850. The van der Waals surface area contributed by atoms with Crippen LogP contribution in [0.4, 0.5) is 0 Å². The maximum Gasteiger partial charge on any atom is 0.260 e. The Labute approximate surface area is 763 Å². The number of para-hydroxylation sites is 4. The second kappa shape index (κ2) is 32.3. The van der Waals surface area contributed by atoms with Gasteiger partial charge in [0.2, 0.25) is 0 Å². The quantitative estimate of drug-likeness (QED) is 0.146. The van der Waals surface area contributed by atoms with Crippen LogP contribution in [-0.2, 0) is 0 Å². The molecule has 0 bridgehead atoms. The Morgan fingerprint density at radius 3 is 0.641 bits per heavy atom. The monoisotopic (exact) mass is 1680 g/mol. The molecule has 19 aromatic rings. The summed E-state index contributed by atoms with van der Waals surface area (Å²) in [7, 11) is 0. The summed E-state index contributed by atoms with van der Waals surface area (Å²) >= 11 is 0. The summed E-state index contributed by atoms with van der Waals surface area (Å²) in [5, 5.41) is 0. The summed E-state index contributed by atoms with van der Waals surface area (Å²) in [5.74, 6) is 14.3. The molecule has 12 heteroatoms. The van der Waals surface area contributed by atoms with Gasteiger partial charge in [0, 0.05) is 21.9 Å². The zero-order valence-corrected chi connectivity index (χ0v) is 72.8. The van der Waals surface area contributed by atoms with Crippen molar-refractivity contribution in [1.82, 2.24) is 0 Å². The maximum atomic E-state index is 6.66. The second-order valence-electron chi connectivity index (χ2n) is 34.8. The highest BCUT2D eigenvalue weighted by atomic mass is 16.5. The number of hydrogen-bond donors (Lipinski definition) is 0. The first-order valence-electron chi connectivity index (χ1n) is 44.9. The molecular formula is C119H82B4O8. The molecule has 0 aromatic heterocycles. The maximum absolute atomic E-state index is 6.66. The van der Waals surface area contributed by atoms with Gasteiger partial charge in [-0.25, -0.2) is 0 Å². The standard InChI is InChI=1S/C32H23BO2.2C31H21BO2.C25H17BO2/c1-20-9-3-5-11-24(20)22-15-16-27-29(17-22)35-31-19-23(25-12-6-4-10-21(25)2)18-30-32(31)33(27)26-13-7-8-14-28(26)34-30;1-20-9-5-6-12-24(20)22-15-16-26-28(17-22)34-30-19-23(21-10-3-2-4-11-21)18-29-31(30)32(26)25-13-7-8-14-27(25)33-29;1-20-9-5-6-12-24(20)23-18-29-31-30(19-23)34-28-17-22(21-10-3-2-4-11-21)15-16-26(28)32(31)25-13-7-8-14-27(25)33-29;1-16-7-2-3-8-18(16)17-13-14-20-24(15-17)28-23-12-6-11-22-25(23)26(20)19-9-4-5-10-21(19)27-22/h3-19H,1-2H3;2*2-19H,1H3;2-15H,1H3. The van der Waals surface area contributed by atoms with Crippen LogP contribution >= 0.6 is 0 Å². The first-order valence-corrected chi connectivity index (χ1v) is 44.9. The fourth-order valence-corrected chi connectivity index (χ4v) is 20.6. The molecule has 19 aromatic carbocycles. The van der Waals surface area contributed by atoms with E-state index in [2.05, 4.69) is 380 Å². The van der Waals surface area contributed by atoms with Crippen molar-refractivity contribution in [3.63, 3.8) is 0 Å². The van der Waals surface area contributed by atoms with Gasteiger partial charge < -0.3 is 37.9 Å². The predicted octanol–water partition coefficient (Wildman–Crippen LogP) is 22.9. The molecule has 0 spiro atoms. The van der Waals surface area contributed by atoms with Gasteiger partial charge in [-0.3, -0.25) is 0 Å². The van der Waals surface area contributed by atoms with E-state index in [1.807, 2.05) is 60.7 Å². The molecule has 8 aliphatic heterocycles. The van der Waals surface area contributed by atoms with Gasteiger partial charge in [-0.15, -0.1) is 0 Å². The Morgan fingerprint density at radius 2 is 0.328 bits per heavy atom. The summed E-state index contributed by atoms with van der Waals surface area (Å²) in [4.78, 5) is 0. The van der Waals surface area contributed by atoms with E-state index in [-0.39, 0.29) is 26.9 Å². The summed E-state index contributed by atoms with van der Waals surface area (Å²) < 4.78 is 51.8. The lowest BCUT2D eigenvalue weighted by Gasteiger charge is -2.33. The van der Waals surface area contributed by atoms with Crippen LogP contribution in [-0.4, -0.2) is 26.9 Å². The summed E-state index contributed by atoms with van der Waals surface area (Å²) in [6.45, 7) is 11.1. The molecule has 0 N–H and O–H groups in total. The van der Waals surface area contributed by atoms with Gasteiger partial charge in [0.25, 0.3) is 26.9 Å². The van der Waals surface area contributed by atoms with Gasteiger partial charge in [0.15, 0.2) is 0 Å². The van der Waals surface area contributed by atoms with Crippen LogP contribution in [0.2, 0.25) is 0 Å². The van der Waals surface area contributed by atoms with Crippen molar-refractivity contribution in [2.45, 2.75) is 34.6 Å². The molecule has 618 valence electrons. The average Bonchev–Trinajstić information content (AvgIpc) is 0.710. The van der Waals surface area contributed by atoms with Crippen molar-refractivity contribution in [2.75, 3.05) is 0 Å². The zero-order valence-electron chi connectivity index (χ0n) is 72.8. The fraction of sp³-hybridized carbons (Fsp3) is 0.0420. The van der Waals surface area contributed by atoms with Crippen molar-refractivity contribution in [3.8, 4) is 170 Å². The summed E-state index contributed by atoms with van der Waals surface area (Å²) in [6.07, 6.45) is 0. The van der Waals surface area contributed by atoms with Crippen LogP contribution in [0.15, 0.2) is 406 Å². The summed E-state index contributed by atoms with van der Waals surface area (Å²) in [5.41, 5.74) is 36.5. The third kappa shape index (κ3) is 13.8. The number of fused-ring (bicyclic) bond motifs is 16. The van der Waals surface area contributed by atoms with Crippen LogP contribution in [0.1, 0.15) is 27.8 Å². The van der Waals surface area contributed by atoms with Gasteiger partial charge in [0.05, 0.1) is 0 Å². The SMILES string of the molecule is Cc1ccccc1-c1cc2c3c(c1)Oc1cc(-c4ccccc4)ccc1B3c1ccccc1O2.Cc1ccccc1-c1ccc2c(c1)Oc1cc(-c3ccccc3)cc3c1B2c1ccccc1O3.Cc1ccccc1-c1ccc2c(c1)Oc1cc(-c3ccccc3C)cc3c1B2c1ccccc1O3.Cc1ccccc1-c1ccc2c(c1)Oc1cccc3c1B2c1ccccc1O3. The van der Waals surface area contributed by atoms with Crippen molar-refractivity contribution in [3.05, 3.63) is 434 Å². The van der Waals surface area contributed by atoms with Crippen molar-refractivity contribution < 1.29 is 37.9 Å². The molecular weight excluding hydrogens is 1600 g/mol. The molecule has 0 aliphatic carbocycles. The van der Waals surface area contributed by atoms with E-state index in [9.17, 15) is 0 Å². The molecule has 8 nitrogen and oxygen atoms in total. The van der Waals surface area contributed by atoms with E-state index in [0.717, 1.165) is 142 Å². The minimum absolute atomic E-state index is 0.0746. The van der Waals surface area contributed by atoms with Gasteiger partial charge in [-0.2, -0.15) is 0 Å². The Hall–Kier alpha value is -16.2. The van der Waals surface area contributed by atoms with Gasteiger partial charge in [-0.1, -0.05) is 309 Å². The van der Waals surface area contributed by atoms with Crippen LogP contribution in [0.5, 0.6) is 92.0 Å². The highest BCUT2D eigenvalue weighted by Gasteiger charge is 2.46. The molecule has 8 aliphatic rings. The lowest BCUT2D eigenvalue weighted by atomic mass is 9.35. The normalized spacial score (nSPS) is 12.7. The van der Waals surface area contributed by atoms with Gasteiger partial charge in [0.1, 0.15) is 92.0 Å². The highest BCUT2D eigenvalue weighted by Crippen LogP contribution is 2.46. The molecule has 0 fully saturated rings. The van der Waals surface area contributed by atoms with E-state index in [0.29, 0.717) is 0 Å². The second-order valence-corrected chi connectivity index (χ2v) is 34.8. The number of benzene rings is 19. The molecule has 0 atom stereocenters. The first kappa shape index (κ1) is 78.3.